The highest BCUT2D eigenvalue weighted by atomic mass is 32.1. The highest BCUT2D eigenvalue weighted by Gasteiger charge is 2.34. The van der Waals surface area contributed by atoms with Crippen LogP contribution in [0.25, 0.3) is 21.5 Å². The van der Waals surface area contributed by atoms with Gasteiger partial charge in [-0.1, -0.05) is 6.08 Å². The van der Waals surface area contributed by atoms with E-state index in [2.05, 4.69) is 46.4 Å². The van der Waals surface area contributed by atoms with E-state index < -0.39 is 5.67 Å². The van der Waals surface area contributed by atoms with Crippen LogP contribution in [-0.4, -0.2) is 20.2 Å². The summed E-state index contributed by atoms with van der Waals surface area (Å²) >= 11 is 1.71. The highest BCUT2D eigenvalue weighted by molar-refractivity contribution is 7.15. The number of aryl methyl sites for hydroxylation is 2. The number of alkyl halides is 1. The first-order valence-corrected chi connectivity index (χ1v) is 10.5. The van der Waals surface area contributed by atoms with E-state index in [9.17, 15) is 4.39 Å². The largest absolute Gasteiger partial charge is 0.346 e. The molecule has 27 heavy (non-hydrogen) atoms. The maximum absolute atomic E-state index is 14.7. The van der Waals surface area contributed by atoms with Gasteiger partial charge in [0.05, 0.1) is 26.6 Å². The van der Waals surface area contributed by atoms with Gasteiger partial charge >= 0.3 is 0 Å². The Bertz CT molecular complexity index is 963. The summed E-state index contributed by atoms with van der Waals surface area (Å²) in [4.78, 5) is 10.4. The quantitative estimate of drug-likeness (QED) is 0.487. The number of halogens is 1. The zero-order valence-electron chi connectivity index (χ0n) is 16.0. The van der Waals surface area contributed by atoms with E-state index in [1.54, 1.807) is 17.4 Å². The van der Waals surface area contributed by atoms with E-state index in [0.717, 1.165) is 46.7 Å². The van der Waals surface area contributed by atoms with E-state index >= 15 is 0 Å². The number of rotatable bonds is 5. The summed E-state index contributed by atoms with van der Waals surface area (Å²) in [5, 5.41) is 1.08. The lowest BCUT2D eigenvalue weighted by molar-refractivity contribution is 0.0824. The second-order valence-corrected chi connectivity index (χ2v) is 9.03. The van der Waals surface area contributed by atoms with Crippen molar-refractivity contribution in [2.45, 2.75) is 58.2 Å². The van der Waals surface area contributed by atoms with Crippen LogP contribution in [0.5, 0.6) is 0 Å². The van der Waals surface area contributed by atoms with Gasteiger partial charge in [-0.3, -0.25) is 4.98 Å². The molecule has 0 aromatic carbocycles. The summed E-state index contributed by atoms with van der Waals surface area (Å²) in [6, 6.07) is 4.30. The molecule has 142 valence electrons. The number of pyridine rings is 1. The van der Waals surface area contributed by atoms with Crippen LogP contribution in [0.2, 0.25) is 0 Å². The lowest BCUT2D eigenvalue weighted by Crippen LogP contribution is -2.30. The first-order chi connectivity index (χ1) is 13.0. The molecule has 3 nitrogen and oxygen atoms in total. The van der Waals surface area contributed by atoms with Gasteiger partial charge in [0.1, 0.15) is 5.67 Å². The first-order valence-electron chi connectivity index (χ1n) is 9.66. The van der Waals surface area contributed by atoms with E-state index in [4.69, 9.17) is 0 Å². The molecule has 1 fully saturated rings. The van der Waals surface area contributed by atoms with Crippen molar-refractivity contribution in [1.82, 2.24) is 14.5 Å². The molecule has 0 saturated heterocycles. The number of fused-ring (bicyclic) bond motifs is 1. The van der Waals surface area contributed by atoms with E-state index in [-0.39, 0.29) is 0 Å². The minimum atomic E-state index is -1.03. The molecule has 4 rings (SSSR count). The summed E-state index contributed by atoms with van der Waals surface area (Å²) in [7, 11) is 0. The van der Waals surface area contributed by atoms with Gasteiger partial charge in [0.2, 0.25) is 0 Å². The number of nitrogens with zero attached hydrogens (tertiary/aromatic N) is 3. The lowest BCUT2D eigenvalue weighted by atomic mass is 9.78. The Hall–Kier alpha value is -2.01. The Labute approximate surface area is 164 Å². The molecule has 0 radical (unpaired) electrons. The number of hydrogen-bond donors (Lipinski definition) is 0. The molecule has 1 aliphatic rings. The molecule has 5 heteroatoms. The smallest absolute Gasteiger partial charge is 0.114 e. The molecule has 0 atom stereocenters. The molecule has 0 N–H and O–H groups in total. The normalized spacial score (nSPS) is 23.0. The van der Waals surface area contributed by atoms with Crippen LogP contribution in [0.3, 0.4) is 0 Å². The zero-order chi connectivity index (χ0) is 19.0. The Morgan fingerprint density at radius 1 is 1.37 bits per heavy atom. The molecule has 0 spiro atoms. The van der Waals surface area contributed by atoms with Gasteiger partial charge in [0.15, 0.2) is 0 Å². The maximum Gasteiger partial charge on any atom is 0.114 e. The van der Waals surface area contributed by atoms with Crippen molar-refractivity contribution in [1.29, 1.82) is 0 Å². The fraction of sp³-hybridized carbons (Fsp3) is 0.455. The second-order valence-electron chi connectivity index (χ2n) is 7.83. The first kappa shape index (κ1) is 18.4. The number of aromatic nitrogens is 3. The Morgan fingerprint density at radius 2 is 2.15 bits per heavy atom. The summed E-state index contributed by atoms with van der Waals surface area (Å²) in [6.07, 6.45) is 9.42. The van der Waals surface area contributed by atoms with Gasteiger partial charge < -0.3 is 4.57 Å². The van der Waals surface area contributed by atoms with Gasteiger partial charge in [-0.2, -0.15) is 0 Å². The van der Waals surface area contributed by atoms with Gasteiger partial charge in [0, 0.05) is 24.5 Å². The van der Waals surface area contributed by atoms with Crippen molar-refractivity contribution in [2.24, 2.45) is 5.92 Å². The van der Waals surface area contributed by atoms with Crippen LogP contribution < -0.4 is 0 Å². The SMILES string of the molecule is C=CCC1(F)CCC(Cn2ccc3ncc(-c4sc(C)nc4C)cc32)CC1. The Kier molecular flexibility index (Phi) is 4.89. The van der Waals surface area contributed by atoms with Crippen molar-refractivity contribution in [2.75, 3.05) is 0 Å². The molecule has 1 aliphatic carbocycles. The van der Waals surface area contributed by atoms with Crippen molar-refractivity contribution in [3.05, 3.63) is 47.9 Å². The zero-order valence-corrected chi connectivity index (χ0v) is 16.9. The minimum absolute atomic E-state index is 0.479. The predicted octanol–water partition coefficient (Wildman–Crippen LogP) is 6.25. The van der Waals surface area contributed by atoms with E-state index in [1.165, 1.54) is 4.88 Å². The molecular weight excluding hydrogens is 357 g/mol. The van der Waals surface area contributed by atoms with Gasteiger partial charge in [0.25, 0.3) is 0 Å². The summed E-state index contributed by atoms with van der Waals surface area (Å²) in [5.41, 5.74) is 3.32. The molecule has 0 aliphatic heterocycles. The molecule has 0 bridgehead atoms. The average Bonchev–Trinajstić information content (AvgIpc) is 3.19. The molecule has 3 aromatic heterocycles. The Balaban J connectivity index is 1.55. The van der Waals surface area contributed by atoms with Crippen LogP contribution in [0.15, 0.2) is 37.2 Å². The molecule has 0 amide bonds. The van der Waals surface area contributed by atoms with Crippen molar-refractivity contribution in [3.63, 3.8) is 0 Å². The van der Waals surface area contributed by atoms with Crippen molar-refractivity contribution < 1.29 is 4.39 Å². The molecular formula is C22H26FN3S. The van der Waals surface area contributed by atoms with Crippen LogP contribution in [0, 0.1) is 19.8 Å². The third-order valence-electron chi connectivity index (χ3n) is 5.75. The van der Waals surface area contributed by atoms with Gasteiger partial charge in [-0.25, -0.2) is 9.37 Å². The number of hydrogen-bond acceptors (Lipinski definition) is 3. The third kappa shape index (κ3) is 3.70. The summed E-state index contributed by atoms with van der Waals surface area (Å²) in [6.45, 7) is 8.72. The molecule has 3 aromatic rings. The molecule has 0 unspecified atom stereocenters. The number of thiazole rings is 1. The van der Waals surface area contributed by atoms with E-state index in [0.29, 0.717) is 25.2 Å². The van der Waals surface area contributed by atoms with Crippen molar-refractivity contribution in [3.8, 4) is 10.4 Å². The standard InChI is InChI=1S/C22H26FN3S/c1-4-8-22(23)9-5-17(6-10-22)14-26-11-7-19-20(26)12-18(13-24-19)21-15(2)25-16(3)27-21/h4,7,11-13,17H,1,5-6,8-10,14H2,2-3H3. The van der Waals surface area contributed by atoms with E-state index in [1.807, 2.05) is 13.1 Å². The third-order valence-corrected chi connectivity index (χ3v) is 6.87. The average molecular weight is 384 g/mol. The summed E-state index contributed by atoms with van der Waals surface area (Å²) in [5.74, 6) is 0.519. The molecule has 1 saturated carbocycles. The summed E-state index contributed by atoms with van der Waals surface area (Å²) < 4.78 is 17.0. The fourth-order valence-corrected chi connectivity index (χ4v) is 5.16. The number of allylic oxidation sites excluding steroid dienone is 1. The van der Waals surface area contributed by atoms with Crippen molar-refractivity contribution >= 4 is 22.4 Å². The maximum atomic E-state index is 14.7. The fourth-order valence-electron chi connectivity index (χ4n) is 4.26. The minimum Gasteiger partial charge on any atom is -0.346 e. The van der Waals surface area contributed by atoms with Gasteiger partial charge in [-0.05, 0) is 64.0 Å². The monoisotopic (exact) mass is 383 g/mol. The highest BCUT2D eigenvalue weighted by Crippen LogP contribution is 2.39. The van der Waals surface area contributed by atoms with Crippen LogP contribution in [-0.2, 0) is 6.54 Å². The lowest BCUT2D eigenvalue weighted by Gasteiger charge is -2.33. The second kappa shape index (κ2) is 7.19. The topological polar surface area (TPSA) is 30.7 Å². The van der Waals surface area contributed by atoms with Crippen LogP contribution in [0.4, 0.5) is 4.39 Å². The van der Waals surface area contributed by atoms with Gasteiger partial charge in [-0.15, -0.1) is 17.9 Å². The van der Waals surface area contributed by atoms with Crippen LogP contribution >= 0.6 is 11.3 Å². The molecule has 3 heterocycles. The predicted molar refractivity (Wildman–Crippen MR) is 111 cm³/mol. The van der Waals surface area contributed by atoms with Crippen LogP contribution in [0.1, 0.15) is 42.8 Å². The Morgan fingerprint density at radius 3 is 2.81 bits per heavy atom.